The average Bonchev–Trinajstić information content (AvgIpc) is 2.16. The molecule has 84 valence electrons. The molecular weight excluding hydrogens is 178 g/mol. The highest BCUT2D eigenvalue weighted by molar-refractivity contribution is 5.11. The summed E-state index contributed by atoms with van der Waals surface area (Å²) in [6.07, 6.45) is 1.01. The van der Waals surface area contributed by atoms with Gasteiger partial charge < -0.3 is 15.2 Å². The van der Waals surface area contributed by atoms with E-state index in [2.05, 4.69) is 26.1 Å². The molecule has 0 spiro atoms. The van der Waals surface area contributed by atoms with Crippen LogP contribution in [0.25, 0.3) is 0 Å². The molecule has 2 unspecified atom stereocenters. The number of aliphatic hydroxyl groups is 1. The van der Waals surface area contributed by atoms with Gasteiger partial charge >= 0.3 is 0 Å². The molecule has 0 aromatic heterocycles. The molecule has 0 amide bonds. The Morgan fingerprint density at radius 2 is 2.07 bits per heavy atom. The first-order valence-electron chi connectivity index (χ1n) is 5.29. The standard InChI is InChI=1S/C11H23NO2/c1-8(7-13)12-9-6-11(4,14-5)10(9,2)3/h8-9,12-13H,6-7H2,1-5H3/t8-,9?,11?/m1/s1. The van der Waals surface area contributed by atoms with Crippen LogP contribution in [-0.2, 0) is 4.74 Å². The van der Waals surface area contributed by atoms with E-state index in [-0.39, 0.29) is 23.7 Å². The zero-order valence-electron chi connectivity index (χ0n) is 9.92. The lowest BCUT2D eigenvalue weighted by Gasteiger charge is -2.59. The molecule has 1 fully saturated rings. The largest absolute Gasteiger partial charge is 0.395 e. The third-order valence-corrected chi connectivity index (χ3v) is 4.04. The molecule has 3 heteroatoms. The maximum atomic E-state index is 8.97. The summed E-state index contributed by atoms with van der Waals surface area (Å²) in [5.41, 5.74) is 0.102. The Bertz CT molecular complexity index is 203. The van der Waals surface area contributed by atoms with Gasteiger partial charge in [0.15, 0.2) is 0 Å². The summed E-state index contributed by atoms with van der Waals surface area (Å²) < 4.78 is 5.53. The van der Waals surface area contributed by atoms with Crippen molar-refractivity contribution in [2.75, 3.05) is 13.7 Å². The molecule has 0 heterocycles. The van der Waals surface area contributed by atoms with Gasteiger partial charge in [-0.1, -0.05) is 13.8 Å². The Morgan fingerprint density at radius 3 is 2.43 bits per heavy atom. The predicted octanol–water partition coefficient (Wildman–Crippen LogP) is 1.16. The van der Waals surface area contributed by atoms with Crippen molar-refractivity contribution in [3.05, 3.63) is 0 Å². The summed E-state index contributed by atoms with van der Waals surface area (Å²) in [4.78, 5) is 0. The molecule has 0 aliphatic heterocycles. The third-order valence-electron chi connectivity index (χ3n) is 4.04. The van der Waals surface area contributed by atoms with E-state index in [9.17, 15) is 0 Å². The molecule has 3 nitrogen and oxygen atoms in total. The first kappa shape index (κ1) is 12.0. The molecule has 3 atom stereocenters. The van der Waals surface area contributed by atoms with Crippen LogP contribution in [0.15, 0.2) is 0 Å². The fraction of sp³-hybridized carbons (Fsp3) is 1.00. The van der Waals surface area contributed by atoms with Crippen molar-refractivity contribution in [3.63, 3.8) is 0 Å². The van der Waals surface area contributed by atoms with Crippen LogP contribution in [-0.4, -0.2) is 36.5 Å². The summed E-state index contributed by atoms with van der Waals surface area (Å²) in [6, 6.07) is 0.607. The fourth-order valence-electron chi connectivity index (χ4n) is 2.15. The minimum absolute atomic E-state index is 0.0279. The van der Waals surface area contributed by atoms with E-state index in [1.54, 1.807) is 7.11 Å². The van der Waals surface area contributed by atoms with Gasteiger partial charge in [-0.25, -0.2) is 0 Å². The Labute approximate surface area is 86.8 Å². The monoisotopic (exact) mass is 201 g/mol. The highest BCUT2D eigenvalue weighted by Crippen LogP contribution is 2.51. The summed E-state index contributed by atoms with van der Waals surface area (Å²) >= 11 is 0. The Kier molecular flexibility index (Phi) is 3.24. The van der Waals surface area contributed by atoms with Gasteiger partial charge in [0.1, 0.15) is 0 Å². The quantitative estimate of drug-likeness (QED) is 0.717. The van der Waals surface area contributed by atoms with Gasteiger partial charge in [0.25, 0.3) is 0 Å². The molecule has 14 heavy (non-hydrogen) atoms. The van der Waals surface area contributed by atoms with E-state index in [0.29, 0.717) is 6.04 Å². The lowest BCUT2D eigenvalue weighted by atomic mass is 9.55. The van der Waals surface area contributed by atoms with E-state index in [4.69, 9.17) is 9.84 Å². The second-order valence-corrected chi connectivity index (χ2v) is 5.16. The average molecular weight is 201 g/mol. The van der Waals surface area contributed by atoms with Crippen LogP contribution in [0, 0.1) is 5.41 Å². The van der Waals surface area contributed by atoms with Gasteiger partial charge in [-0.2, -0.15) is 0 Å². The van der Waals surface area contributed by atoms with Crippen molar-refractivity contribution in [2.24, 2.45) is 5.41 Å². The molecular formula is C11H23NO2. The van der Waals surface area contributed by atoms with Crippen LogP contribution in [0.4, 0.5) is 0 Å². The summed E-state index contributed by atoms with van der Waals surface area (Å²) in [5.74, 6) is 0. The molecule has 1 aliphatic carbocycles. The van der Waals surface area contributed by atoms with Crippen LogP contribution in [0.3, 0.4) is 0 Å². The lowest BCUT2D eigenvalue weighted by molar-refractivity contribution is -0.182. The molecule has 1 saturated carbocycles. The highest BCUT2D eigenvalue weighted by Gasteiger charge is 2.57. The normalized spacial score (nSPS) is 37.7. The van der Waals surface area contributed by atoms with Crippen molar-refractivity contribution < 1.29 is 9.84 Å². The number of aliphatic hydroxyl groups excluding tert-OH is 1. The molecule has 0 bridgehead atoms. The van der Waals surface area contributed by atoms with Crippen LogP contribution >= 0.6 is 0 Å². The topological polar surface area (TPSA) is 41.5 Å². The number of nitrogens with one attached hydrogen (secondary N) is 1. The molecule has 1 rings (SSSR count). The predicted molar refractivity (Wildman–Crippen MR) is 57.3 cm³/mol. The number of ether oxygens (including phenoxy) is 1. The van der Waals surface area contributed by atoms with Gasteiger partial charge in [-0.15, -0.1) is 0 Å². The van der Waals surface area contributed by atoms with Gasteiger partial charge in [0.05, 0.1) is 12.2 Å². The summed E-state index contributed by atoms with van der Waals surface area (Å²) in [6.45, 7) is 8.76. The zero-order chi connectivity index (χ0) is 11.0. The zero-order valence-corrected chi connectivity index (χ0v) is 9.92. The molecule has 0 aromatic carbocycles. The summed E-state index contributed by atoms with van der Waals surface area (Å²) in [5, 5.41) is 12.4. The highest BCUT2D eigenvalue weighted by atomic mass is 16.5. The van der Waals surface area contributed by atoms with Gasteiger partial charge in [0.2, 0.25) is 0 Å². The van der Waals surface area contributed by atoms with Crippen molar-refractivity contribution in [2.45, 2.75) is 51.8 Å². The van der Waals surface area contributed by atoms with E-state index >= 15 is 0 Å². The van der Waals surface area contributed by atoms with Gasteiger partial charge in [-0.05, 0) is 20.3 Å². The fourth-order valence-corrected chi connectivity index (χ4v) is 2.15. The first-order chi connectivity index (χ1) is 6.37. The molecule has 0 saturated heterocycles. The first-order valence-corrected chi connectivity index (χ1v) is 5.29. The van der Waals surface area contributed by atoms with Crippen LogP contribution in [0.1, 0.15) is 34.1 Å². The van der Waals surface area contributed by atoms with Crippen molar-refractivity contribution in [3.8, 4) is 0 Å². The second kappa shape index (κ2) is 3.80. The molecule has 2 N–H and O–H groups in total. The van der Waals surface area contributed by atoms with Crippen molar-refractivity contribution in [1.82, 2.24) is 5.32 Å². The number of hydrogen-bond acceptors (Lipinski definition) is 3. The molecule has 0 radical (unpaired) electrons. The third kappa shape index (κ3) is 1.69. The maximum Gasteiger partial charge on any atom is 0.0731 e. The minimum Gasteiger partial charge on any atom is -0.395 e. The van der Waals surface area contributed by atoms with E-state index in [1.807, 2.05) is 6.92 Å². The Balaban J connectivity index is 2.55. The SMILES string of the molecule is COC1(C)CC(N[C@H](C)CO)C1(C)C. The Morgan fingerprint density at radius 1 is 1.50 bits per heavy atom. The van der Waals surface area contributed by atoms with Crippen LogP contribution in [0.5, 0.6) is 0 Å². The number of rotatable bonds is 4. The van der Waals surface area contributed by atoms with E-state index in [1.165, 1.54) is 0 Å². The molecule has 1 aliphatic rings. The van der Waals surface area contributed by atoms with Gasteiger partial charge in [0, 0.05) is 24.6 Å². The second-order valence-electron chi connectivity index (χ2n) is 5.16. The summed E-state index contributed by atoms with van der Waals surface area (Å²) in [7, 11) is 1.77. The smallest absolute Gasteiger partial charge is 0.0731 e. The van der Waals surface area contributed by atoms with E-state index in [0.717, 1.165) is 6.42 Å². The van der Waals surface area contributed by atoms with Crippen LogP contribution < -0.4 is 5.32 Å². The number of methoxy groups -OCH3 is 1. The van der Waals surface area contributed by atoms with Crippen molar-refractivity contribution in [1.29, 1.82) is 0 Å². The van der Waals surface area contributed by atoms with Crippen LogP contribution in [0.2, 0.25) is 0 Å². The van der Waals surface area contributed by atoms with Crippen molar-refractivity contribution >= 4 is 0 Å². The Hall–Kier alpha value is -0.120. The molecule has 0 aromatic rings. The maximum absolute atomic E-state index is 8.97. The van der Waals surface area contributed by atoms with Gasteiger partial charge in [-0.3, -0.25) is 0 Å². The van der Waals surface area contributed by atoms with E-state index < -0.39 is 0 Å². The lowest BCUT2D eigenvalue weighted by Crippen LogP contribution is -2.69. The minimum atomic E-state index is -0.0279. The number of hydrogen-bond donors (Lipinski definition) is 2.